The van der Waals surface area contributed by atoms with Gasteiger partial charge in [-0.3, -0.25) is 5.32 Å². The van der Waals surface area contributed by atoms with E-state index in [1.165, 1.54) is 5.56 Å². The Morgan fingerprint density at radius 2 is 1.96 bits per heavy atom. The molecule has 3 rings (SSSR count). The van der Waals surface area contributed by atoms with Crippen LogP contribution in [-0.2, 0) is 23.2 Å². The first-order valence-corrected chi connectivity index (χ1v) is 8.16. The van der Waals surface area contributed by atoms with Crippen molar-refractivity contribution in [3.63, 3.8) is 0 Å². The maximum atomic E-state index is 12.1. The molecule has 0 fully saturated rings. The summed E-state index contributed by atoms with van der Waals surface area (Å²) in [7, 11) is 0. The van der Waals surface area contributed by atoms with E-state index in [-0.39, 0.29) is 11.4 Å². The number of carbonyl (C=O) groups is 1. The van der Waals surface area contributed by atoms with Gasteiger partial charge in [0.25, 0.3) is 0 Å². The predicted octanol–water partition coefficient (Wildman–Crippen LogP) is 4.10. The van der Waals surface area contributed by atoms with E-state index < -0.39 is 0 Å². The lowest BCUT2D eigenvalue weighted by molar-refractivity contribution is 0.111. The van der Waals surface area contributed by atoms with E-state index in [0.29, 0.717) is 12.4 Å². The zero-order valence-electron chi connectivity index (χ0n) is 14.3. The van der Waals surface area contributed by atoms with E-state index in [1.54, 1.807) is 6.20 Å². The van der Waals surface area contributed by atoms with Crippen molar-refractivity contribution in [2.45, 2.75) is 39.2 Å². The molecule has 0 atom stereocenters. The van der Waals surface area contributed by atoms with Crippen LogP contribution < -0.4 is 10.6 Å². The molecule has 0 saturated carbocycles. The molecule has 1 aromatic heterocycles. The number of rotatable bonds is 2. The molecule has 2 amide bonds. The molecular formula is C19H23N3O2. The highest BCUT2D eigenvalue weighted by atomic mass is 16.5. The van der Waals surface area contributed by atoms with Crippen molar-refractivity contribution in [3.8, 4) is 0 Å². The Kier molecular flexibility index (Phi) is 4.53. The summed E-state index contributed by atoms with van der Waals surface area (Å²) >= 11 is 0. The van der Waals surface area contributed by atoms with E-state index in [0.717, 1.165) is 29.8 Å². The van der Waals surface area contributed by atoms with Crippen molar-refractivity contribution in [1.82, 2.24) is 4.98 Å². The second-order valence-corrected chi connectivity index (χ2v) is 7.05. The van der Waals surface area contributed by atoms with Gasteiger partial charge in [-0.05, 0) is 46.7 Å². The van der Waals surface area contributed by atoms with Gasteiger partial charge in [0.2, 0.25) is 0 Å². The number of carbonyl (C=O) groups excluding carboxylic acids is 1. The lowest BCUT2D eigenvalue weighted by atomic mass is 9.88. The monoisotopic (exact) mass is 325 g/mol. The first kappa shape index (κ1) is 16.5. The van der Waals surface area contributed by atoms with Gasteiger partial charge in [-0.25, -0.2) is 9.78 Å². The van der Waals surface area contributed by atoms with Gasteiger partial charge in [-0.1, -0.05) is 32.9 Å². The zero-order valence-corrected chi connectivity index (χ0v) is 14.3. The summed E-state index contributed by atoms with van der Waals surface area (Å²) in [6, 6.07) is 9.43. The van der Waals surface area contributed by atoms with Crippen molar-refractivity contribution in [2.75, 3.05) is 17.2 Å². The predicted molar refractivity (Wildman–Crippen MR) is 95.4 cm³/mol. The zero-order chi connectivity index (χ0) is 17.2. The molecule has 5 heteroatoms. The molecule has 0 spiro atoms. The highest BCUT2D eigenvalue weighted by Gasteiger charge is 2.14. The van der Waals surface area contributed by atoms with Crippen LogP contribution in [0.2, 0.25) is 0 Å². The van der Waals surface area contributed by atoms with Crippen molar-refractivity contribution in [3.05, 3.63) is 53.2 Å². The average Bonchev–Trinajstić information content (AvgIpc) is 2.54. The normalized spacial score (nSPS) is 14.0. The average molecular weight is 325 g/mol. The molecule has 0 bridgehead atoms. The van der Waals surface area contributed by atoms with E-state index in [2.05, 4.69) is 36.4 Å². The molecular weight excluding hydrogens is 302 g/mol. The molecule has 1 aliphatic heterocycles. The third-order valence-electron chi connectivity index (χ3n) is 4.11. The minimum Gasteiger partial charge on any atom is -0.376 e. The number of pyridine rings is 1. The Balaban J connectivity index is 1.63. The molecule has 5 nitrogen and oxygen atoms in total. The summed E-state index contributed by atoms with van der Waals surface area (Å²) in [6.07, 6.45) is 2.72. The largest absolute Gasteiger partial charge is 0.376 e. The molecule has 24 heavy (non-hydrogen) atoms. The van der Waals surface area contributed by atoms with Crippen molar-refractivity contribution in [2.24, 2.45) is 0 Å². The van der Waals surface area contributed by atoms with Gasteiger partial charge < -0.3 is 10.1 Å². The Morgan fingerprint density at radius 1 is 1.12 bits per heavy atom. The van der Waals surface area contributed by atoms with Crippen molar-refractivity contribution < 1.29 is 9.53 Å². The third kappa shape index (κ3) is 3.92. The molecule has 1 aliphatic rings. The number of hydrogen-bond donors (Lipinski definition) is 2. The standard InChI is InChI=1S/C19H23N3O2/c1-19(2,3)15-5-7-17(20-11-15)22-18(23)21-16-6-4-13-8-9-24-12-14(13)10-16/h4-7,10-11H,8-9,12H2,1-3H3,(H2,20,21,22,23). The maximum absolute atomic E-state index is 12.1. The first-order valence-electron chi connectivity index (χ1n) is 8.16. The highest BCUT2D eigenvalue weighted by Crippen LogP contribution is 2.23. The summed E-state index contributed by atoms with van der Waals surface area (Å²) in [5, 5.41) is 5.60. The molecule has 2 N–H and O–H groups in total. The number of ether oxygens (including phenoxy) is 1. The van der Waals surface area contributed by atoms with Crippen LogP contribution in [0.1, 0.15) is 37.5 Å². The lowest BCUT2D eigenvalue weighted by Crippen LogP contribution is -2.21. The van der Waals surface area contributed by atoms with Crippen LogP contribution >= 0.6 is 0 Å². The first-order chi connectivity index (χ1) is 11.4. The number of hydrogen-bond acceptors (Lipinski definition) is 3. The number of amides is 2. The van der Waals surface area contributed by atoms with Crippen LogP contribution in [0.25, 0.3) is 0 Å². The molecule has 0 radical (unpaired) electrons. The van der Waals surface area contributed by atoms with Crippen LogP contribution in [0.5, 0.6) is 0 Å². The second kappa shape index (κ2) is 6.61. The van der Waals surface area contributed by atoms with Gasteiger partial charge in [0.15, 0.2) is 0 Å². The van der Waals surface area contributed by atoms with Crippen LogP contribution in [0.15, 0.2) is 36.5 Å². The summed E-state index contributed by atoms with van der Waals surface area (Å²) in [5.74, 6) is 0.529. The van der Waals surface area contributed by atoms with E-state index in [1.807, 2.05) is 30.3 Å². The van der Waals surface area contributed by atoms with Crippen LogP contribution in [0, 0.1) is 0 Å². The fraction of sp³-hybridized carbons (Fsp3) is 0.368. The van der Waals surface area contributed by atoms with Crippen molar-refractivity contribution in [1.29, 1.82) is 0 Å². The molecule has 1 aromatic carbocycles. The number of benzene rings is 1. The summed E-state index contributed by atoms with van der Waals surface area (Å²) < 4.78 is 5.45. The van der Waals surface area contributed by atoms with Crippen molar-refractivity contribution >= 4 is 17.5 Å². The topological polar surface area (TPSA) is 63.2 Å². The van der Waals surface area contributed by atoms with Crippen LogP contribution in [-0.4, -0.2) is 17.6 Å². The summed E-state index contributed by atoms with van der Waals surface area (Å²) in [5.41, 5.74) is 4.34. The fourth-order valence-electron chi connectivity index (χ4n) is 2.64. The maximum Gasteiger partial charge on any atom is 0.324 e. The van der Waals surface area contributed by atoms with Crippen LogP contribution in [0.3, 0.4) is 0 Å². The van der Waals surface area contributed by atoms with E-state index >= 15 is 0 Å². The van der Waals surface area contributed by atoms with E-state index in [4.69, 9.17) is 4.74 Å². The fourth-order valence-corrected chi connectivity index (χ4v) is 2.64. The van der Waals surface area contributed by atoms with Crippen LogP contribution in [0.4, 0.5) is 16.3 Å². The van der Waals surface area contributed by atoms with Gasteiger partial charge >= 0.3 is 6.03 Å². The molecule has 0 aliphatic carbocycles. The van der Waals surface area contributed by atoms with Gasteiger partial charge in [0, 0.05) is 11.9 Å². The minimum absolute atomic E-state index is 0.0407. The minimum atomic E-state index is -0.303. The Labute approximate surface area is 142 Å². The smallest absolute Gasteiger partial charge is 0.324 e. The van der Waals surface area contributed by atoms with Gasteiger partial charge in [0.05, 0.1) is 13.2 Å². The van der Waals surface area contributed by atoms with Gasteiger partial charge in [0.1, 0.15) is 5.82 Å². The number of nitrogens with zero attached hydrogens (tertiary/aromatic N) is 1. The number of anilines is 2. The van der Waals surface area contributed by atoms with E-state index in [9.17, 15) is 4.79 Å². The Hall–Kier alpha value is -2.40. The lowest BCUT2D eigenvalue weighted by Gasteiger charge is -2.19. The summed E-state index contributed by atoms with van der Waals surface area (Å²) in [6.45, 7) is 7.75. The quantitative estimate of drug-likeness (QED) is 0.874. The highest BCUT2D eigenvalue weighted by molar-refractivity contribution is 5.99. The Morgan fingerprint density at radius 3 is 2.67 bits per heavy atom. The number of nitrogens with one attached hydrogen (secondary N) is 2. The number of fused-ring (bicyclic) bond motifs is 1. The number of urea groups is 1. The molecule has 2 heterocycles. The molecule has 0 saturated heterocycles. The molecule has 2 aromatic rings. The molecule has 126 valence electrons. The van der Waals surface area contributed by atoms with Gasteiger partial charge in [-0.15, -0.1) is 0 Å². The third-order valence-corrected chi connectivity index (χ3v) is 4.11. The van der Waals surface area contributed by atoms with Gasteiger partial charge in [-0.2, -0.15) is 0 Å². The second-order valence-electron chi connectivity index (χ2n) is 7.05. The Bertz CT molecular complexity index is 733. The number of aromatic nitrogens is 1. The molecule has 0 unspecified atom stereocenters. The summed E-state index contributed by atoms with van der Waals surface area (Å²) in [4.78, 5) is 16.4. The SMILES string of the molecule is CC(C)(C)c1ccc(NC(=O)Nc2ccc3c(c2)COCC3)nc1.